The van der Waals surface area contributed by atoms with Crippen molar-refractivity contribution in [3.8, 4) is 0 Å². The van der Waals surface area contributed by atoms with E-state index in [2.05, 4.69) is 0 Å². The largest absolute Gasteiger partial charge is 0.297 e. The average molecular weight is 225 g/mol. The number of piperidine rings is 1. The topological polar surface area (TPSA) is 54.5 Å². The fraction of sp³-hybridized carbons (Fsp3) is 0.750. The molecule has 1 atom stereocenters. The number of carbonyl (C=O) groups is 3. The SMILES string of the molecule is CCC(C)C(=O)CN1C(=O)CC(C)CC1=O. The average Bonchev–Trinajstić information content (AvgIpc) is 2.21. The van der Waals surface area contributed by atoms with Gasteiger partial charge in [-0.1, -0.05) is 20.8 Å². The highest BCUT2D eigenvalue weighted by Crippen LogP contribution is 2.19. The van der Waals surface area contributed by atoms with E-state index in [4.69, 9.17) is 0 Å². The minimum absolute atomic E-state index is 0.0289. The van der Waals surface area contributed by atoms with E-state index in [0.29, 0.717) is 12.8 Å². The summed E-state index contributed by atoms with van der Waals surface area (Å²) >= 11 is 0. The summed E-state index contributed by atoms with van der Waals surface area (Å²) in [5, 5.41) is 0. The van der Waals surface area contributed by atoms with Crippen LogP contribution in [0, 0.1) is 11.8 Å². The lowest BCUT2D eigenvalue weighted by atomic mass is 9.96. The zero-order valence-electron chi connectivity index (χ0n) is 10.2. The molecule has 4 nitrogen and oxygen atoms in total. The summed E-state index contributed by atoms with van der Waals surface area (Å²) in [5.41, 5.74) is 0. The van der Waals surface area contributed by atoms with Crippen molar-refractivity contribution in [3.05, 3.63) is 0 Å². The summed E-state index contributed by atoms with van der Waals surface area (Å²) in [6.45, 7) is 5.58. The molecule has 1 heterocycles. The van der Waals surface area contributed by atoms with Crippen LogP contribution in [0.15, 0.2) is 0 Å². The van der Waals surface area contributed by atoms with Crippen LogP contribution in [0.2, 0.25) is 0 Å². The number of imide groups is 1. The lowest BCUT2D eigenvalue weighted by molar-refractivity contribution is -0.152. The van der Waals surface area contributed by atoms with E-state index in [0.717, 1.165) is 11.3 Å². The molecule has 16 heavy (non-hydrogen) atoms. The van der Waals surface area contributed by atoms with Gasteiger partial charge in [-0.3, -0.25) is 19.3 Å². The van der Waals surface area contributed by atoms with E-state index in [1.54, 1.807) is 0 Å². The van der Waals surface area contributed by atoms with Crippen LogP contribution in [0.3, 0.4) is 0 Å². The first-order valence-corrected chi connectivity index (χ1v) is 5.81. The number of rotatable bonds is 4. The van der Waals surface area contributed by atoms with Crippen LogP contribution in [0.5, 0.6) is 0 Å². The highest BCUT2D eigenvalue weighted by molar-refractivity contribution is 6.01. The Hall–Kier alpha value is -1.19. The molecule has 0 bridgehead atoms. The number of likely N-dealkylation sites (tertiary alicyclic amines) is 1. The Morgan fingerprint density at radius 3 is 2.31 bits per heavy atom. The normalized spacial score (nSPS) is 20.1. The molecule has 2 amide bonds. The summed E-state index contributed by atoms with van der Waals surface area (Å²) in [5.74, 6) is -0.422. The molecule has 0 aromatic heterocycles. The minimum Gasteiger partial charge on any atom is -0.297 e. The third-order valence-electron chi connectivity index (χ3n) is 3.12. The van der Waals surface area contributed by atoms with Gasteiger partial charge in [0.15, 0.2) is 5.78 Å². The molecule has 1 saturated heterocycles. The molecule has 1 unspecified atom stereocenters. The second-order valence-corrected chi connectivity index (χ2v) is 4.66. The number of ketones is 1. The molecule has 0 spiro atoms. The second kappa shape index (κ2) is 5.23. The van der Waals surface area contributed by atoms with Gasteiger partial charge in [-0.25, -0.2) is 0 Å². The molecule has 0 aliphatic carbocycles. The Bertz CT molecular complexity index is 293. The molecule has 0 aromatic rings. The lowest BCUT2D eigenvalue weighted by Crippen LogP contribution is -2.46. The summed E-state index contributed by atoms with van der Waals surface area (Å²) in [6.07, 6.45) is 1.49. The Morgan fingerprint density at radius 2 is 1.88 bits per heavy atom. The highest BCUT2D eigenvalue weighted by atomic mass is 16.2. The maximum atomic E-state index is 11.7. The zero-order chi connectivity index (χ0) is 12.3. The molecule has 90 valence electrons. The van der Waals surface area contributed by atoms with E-state index >= 15 is 0 Å². The number of Topliss-reactive ketones (excluding diaryl/α,β-unsaturated/α-hetero) is 1. The number of amides is 2. The van der Waals surface area contributed by atoms with Crippen molar-refractivity contribution < 1.29 is 14.4 Å². The highest BCUT2D eigenvalue weighted by Gasteiger charge is 2.32. The number of hydrogen-bond donors (Lipinski definition) is 0. The van der Waals surface area contributed by atoms with E-state index in [1.165, 1.54) is 0 Å². The molecular formula is C12H19NO3. The molecule has 1 fully saturated rings. The Morgan fingerprint density at radius 1 is 1.38 bits per heavy atom. The van der Waals surface area contributed by atoms with Gasteiger partial charge in [-0.2, -0.15) is 0 Å². The van der Waals surface area contributed by atoms with Gasteiger partial charge in [0.1, 0.15) is 0 Å². The van der Waals surface area contributed by atoms with E-state index in [-0.39, 0.29) is 36.0 Å². The number of carbonyl (C=O) groups excluding carboxylic acids is 3. The first-order valence-electron chi connectivity index (χ1n) is 5.81. The van der Waals surface area contributed by atoms with Gasteiger partial charge in [0.05, 0.1) is 6.54 Å². The van der Waals surface area contributed by atoms with E-state index < -0.39 is 0 Å². The van der Waals surface area contributed by atoms with Gasteiger partial charge < -0.3 is 0 Å². The van der Waals surface area contributed by atoms with E-state index in [1.807, 2.05) is 20.8 Å². The Kier molecular flexibility index (Phi) is 4.21. The Balaban J connectivity index is 2.63. The van der Waals surface area contributed by atoms with Crippen LogP contribution in [0.4, 0.5) is 0 Å². The van der Waals surface area contributed by atoms with Crippen LogP contribution in [0.1, 0.15) is 40.0 Å². The third kappa shape index (κ3) is 2.90. The van der Waals surface area contributed by atoms with Crippen molar-refractivity contribution in [3.63, 3.8) is 0 Å². The quantitative estimate of drug-likeness (QED) is 0.679. The van der Waals surface area contributed by atoms with Gasteiger partial charge >= 0.3 is 0 Å². The Labute approximate surface area is 96.0 Å². The second-order valence-electron chi connectivity index (χ2n) is 4.66. The van der Waals surface area contributed by atoms with Gasteiger partial charge in [0.25, 0.3) is 0 Å². The summed E-state index contributed by atoms with van der Waals surface area (Å²) < 4.78 is 0. The zero-order valence-corrected chi connectivity index (χ0v) is 10.2. The van der Waals surface area contributed by atoms with Crippen molar-refractivity contribution in [1.82, 2.24) is 4.90 Å². The van der Waals surface area contributed by atoms with Crippen molar-refractivity contribution in [2.75, 3.05) is 6.54 Å². The van der Waals surface area contributed by atoms with Crippen LogP contribution < -0.4 is 0 Å². The predicted octanol–water partition coefficient (Wildman–Crippen LogP) is 1.39. The molecule has 1 aliphatic heterocycles. The first-order chi connectivity index (χ1) is 7.45. The summed E-state index contributed by atoms with van der Waals surface area (Å²) in [7, 11) is 0. The van der Waals surface area contributed by atoms with Crippen LogP contribution in [-0.2, 0) is 14.4 Å². The van der Waals surface area contributed by atoms with Gasteiger partial charge in [0, 0.05) is 18.8 Å². The summed E-state index contributed by atoms with van der Waals surface area (Å²) in [4.78, 5) is 36.0. The molecule has 0 aromatic carbocycles. The van der Waals surface area contributed by atoms with Crippen molar-refractivity contribution in [2.45, 2.75) is 40.0 Å². The fourth-order valence-electron chi connectivity index (χ4n) is 1.74. The molecule has 4 heteroatoms. The molecule has 0 radical (unpaired) electrons. The van der Waals surface area contributed by atoms with Gasteiger partial charge in [0.2, 0.25) is 11.8 Å². The standard InChI is InChI=1S/C12H19NO3/c1-4-9(3)10(14)7-13-11(15)5-8(2)6-12(13)16/h8-9H,4-7H2,1-3H3. The number of nitrogens with zero attached hydrogens (tertiary/aromatic N) is 1. The molecule has 1 rings (SSSR count). The minimum atomic E-state index is -0.208. The predicted molar refractivity (Wildman–Crippen MR) is 59.6 cm³/mol. The fourth-order valence-corrected chi connectivity index (χ4v) is 1.74. The number of hydrogen-bond acceptors (Lipinski definition) is 3. The van der Waals surface area contributed by atoms with Crippen molar-refractivity contribution in [1.29, 1.82) is 0 Å². The first kappa shape index (κ1) is 12.9. The molecule has 0 N–H and O–H groups in total. The third-order valence-corrected chi connectivity index (χ3v) is 3.12. The van der Waals surface area contributed by atoms with Crippen LogP contribution in [0.25, 0.3) is 0 Å². The molecular weight excluding hydrogens is 206 g/mol. The van der Waals surface area contributed by atoms with Crippen molar-refractivity contribution >= 4 is 17.6 Å². The summed E-state index contributed by atoms with van der Waals surface area (Å²) in [6, 6.07) is 0. The monoisotopic (exact) mass is 225 g/mol. The van der Waals surface area contributed by atoms with E-state index in [9.17, 15) is 14.4 Å². The van der Waals surface area contributed by atoms with Gasteiger partial charge in [-0.15, -0.1) is 0 Å². The maximum Gasteiger partial charge on any atom is 0.229 e. The molecule has 1 aliphatic rings. The van der Waals surface area contributed by atoms with Crippen LogP contribution >= 0.6 is 0 Å². The van der Waals surface area contributed by atoms with Crippen molar-refractivity contribution in [2.24, 2.45) is 11.8 Å². The smallest absolute Gasteiger partial charge is 0.229 e. The molecule has 0 saturated carbocycles. The maximum absolute atomic E-state index is 11.7. The lowest BCUT2D eigenvalue weighted by Gasteiger charge is -2.28. The van der Waals surface area contributed by atoms with Gasteiger partial charge in [-0.05, 0) is 12.3 Å². The van der Waals surface area contributed by atoms with Crippen LogP contribution in [-0.4, -0.2) is 29.0 Å².